The molecule has 0 saturated heterocycles. The summed E-state index contributed by atoms with van der Waals surface area (Å²) in [5.41, 5.74) is 6.69. The molecule has 4 nitrogen and oxygen atoms in total. The van der Waals surface area contributed by atoms with E-state index in [9.17, 15) is 9.59 Å². The Morgan fingerprint density at radius 2 is 1.94 bits per heavy atom. The number of ketones is 1. The van der Waals surface area contributed by atoms with E-state index in [4.69, 9.17) is 10.5 Å². The summed E-state index contributed by atoms with van der Waals surface area (Å²) in [6.07, 6.45) is 1.07. The summed E-state index contributed by atoms with van der Waals surface area (Å²) in [4.78, 5) is 22.8. The van der Waals surface area contributed by atoms with Gasteiger partial charge in [0.25, 0.3) is 0 Å². The maximum atomic E-state index is 11.8. The number of benzene rings is 1. The number of anilines is 1. The van der Waals surface area contributed by atoms with Crippen LogP contribution in [0, 0.1) is 0 Å². The molecule has 1 aromatic rings. The van der Waals surface area contributed by atoms with E-state index in [-0.39, 0.29) is 18.2 Å². The van der Waals surface area contributed by atoms with Gasteiger partial charge in [0.2, 0.25) is 0 Å². The van der Waals surface area contributed by atoms with E-state index in [0.29, 0.717) is 30.7 Å². The van der Waals surface area contributed by atoms with Crippen molar-refractivity contribution in [3.63, 3.8) is 0 Å². The Kier molecular flexibility index (Phi) is 5.20. The summed E-state index contributed by atoms with van der Waals surface area (Å²) in [7, 11) is 0. The van der Waals surface area contributed by atoms with Crippen molar-refractivity contribution in [1.82, 2.24) is 0 Å². The molecule has 0 aromatic heterocycles. The second-order valence-corrected chi connectivity index (χ2v) is 3.67. The molecule has 0 bridgehead atoms. The summed E-state index contributed by atoms with van der Waals surface area (Å²) >= 11 is 0. The zero-order valence-electron chi connectivity index (χ0n) is 9.94. The van der Waals surface area contributed by atoms with Gasteiger partial charge in [-0.2, -0.15) is 0 Å². The van der Waals surface area contributed by atoms with Gasteiger partial charge in [-0.3, -0.25) is 9.59 Å². The third-order valence-electron chi connectivity index (χ3n) is 2.35. The summed E-state index contributed by atoms with van der Waals surface area (Å²) in [6.45, 7) is 2.13. The lowest BCUT2D eigenvalue weighted by molar-refractivity contribution is -0.143. The van der Waals surface area contributed by atoms with E-state index >= 15 is 0 Å². The fourth-order valence-corrected chi connectivity index (χ4v) is 1.51. The third kappa shape index (κ3) is 4.26. The van der Waals surface area contributed by atoms with Gasteiger partial charge in [0.1, 0.15) is 0 Å². The van der Waals surface area contributed by atoms with Gasteiger partial charge in [-0.05, 0) is 25.5 Å². The molecular formula is C13H17NO3. The first-order chi connectivity index (χ1) is 8.15. The molecule has 92 valence electrons. The summed E-state index contributed by atoms with van der Waals surface area (Å²) in [6, 6.07) is 6.94. The molecule has 0 aliphatic carbocycles. The Morgan fingerprint density at radius 3 is 2.59 bits per heavy atom. The van der Waals surface area contributed by atoms with Crippen LogP contribution in [0.3, 0.4) is 0 Å². The van der Waals surface area contributed by atoms with Crippen molar-refractivity contribution < 1.29 is 14.3 Å². The van der Waals surface area contributed by atoms with Crippen molar-refractivity contribution in [2.75, 3.05) is 12.3 Å². The van der Waals surface area contributed by atoms with E-state index in [2.05, 4.69) is 0 Å². The van der Waals surface area contributed by atoms with Gasteiger partial charge in [0, 0.05) is 24.1 Å². The van der Waals surface area contributed by atoms with Crippen molar-refractivity contribution in [3.05, 3.63) is 29.8 Å². The number of nitrogens with two attached hydrogens (primary N) is 1. The number of rotatable bonds is 6. The molecule has 0 fully saturated rings. The van der Waals surface area contributed by atoms with E-state index in [1.807, 2.05) is 0 Å². The van der Waals surface area contributed by atoms with Crippen molar-refractivity contribution in [2.45, 2.75) is 26.2 Å². The standard InChI is InChI=1S/C13H17NO3/c1-2-17-13(16)9-5-8-12(15)10-6-3-4-7-11(10)14/h3-4,6-7H,2,5,8-9,14H2,1H3. The summed E-state index contributed by atoms with van der Waals surface area (Å²) in [5.74, 6) is -0.297. The predicted molar refractivity (Wildman–Crippen MR) is 65.7 cm³/mol. The van der Waals surface area contributed by atoms with Crippen molar-refractivity contribution in [3.8, 4) is 0 Å². The molecule has 1 aromatic carbocycles. The molecular weight excluding hydrogens is 218 g/mol. The zero-order chi connectivity index (χ0) is 12.7. The van der Waals surface area contributed by atoms with Crippen LogP contribution >= 0.6 is 0 Å². The monoisotopic (exact) mass is 235 g/mol. The number of para-hydroxylation sites is 1. The lowest BCUT2D eigenvalue weighted by Gasteiger charge is -2.04. The minimum absolute atomic E-state index is 0.0348. The first-order valence-corrected chi connectivity index (χ1v) is 5.68. The third-order valence-corrected chi connectivity index (χ3v) is 2.35. The largest absolute Gasteiger partial charge is 0.466 e. The molecule has 0 spiro atoms. The Balaban J connectivity index is 2.41. The maximum Gasteiger partial charge on any atom is 0.305 e. The molecule has 17 heavy (non-hydrogen) atoms. The van der Waals surface area contributed by atoms with Crippen LogP contribution in [-0.4, -0.2) is 18.4 Å². The van der Waals surface area contributed by atoms with E-state index in [1.165, 1.54) is 0 Å². The highest BCUT2D eigenvalue weighted by Gasteiger charge is 2.10. The number of Topliss-reactive ketones (excluding diaryl/α,β-unsaturated/α-hetero) is 1. The summed E-state index contributed by atoms with van der Waals surface area (Å²) in [5, 5.41) is 0. The van der Waals surface area contributed by atoms with Crippen molar-refractivity contribution in [2.24, 2.45) is 0 Å². The Labute approximate surface area is 101 Å². The zero-order valence-corrected chi connectivity index (χ0v) is 9.94. The number of nitrogen functional groups attached to an aromatic ring is 1. The van der Waals surface area contributed by atoms with Gasteiger partial charge >= 0.3 is 5.97 Å². The van der Waals surface area contributed by atoms with Crippen LogP contribution in [0.1, 0.15) is 36.5 Å². The Hall–Kier alpha value is -1.84. The van der Waals surface area contributed by atoms with E-state index in [1.54, 1.807) is 31.2 Å². The number of carbonyl (C=O) groups is 2. The van der Waals surface area contributed by atoms with Crippen LogP contribution in [0.5, 0.6) is 0 Å². The summed E-state index contributed by atoms with van der Waals surface area (Å²) < 4.78 is 4.78. The quantitative estimate of drug-likeness (QED) is 0.466. The van der Waals surface area contributed by atoms with Crippen LogP contribution in [0.25, 0.3) is 0 Å². The first kappa shape index (κ1) is 13.2. The van der Waals surface area contributed by atoms with Crippen LogP contribution in [0.15, 0.2) is 24.3 Å². The molecule has 0 saturated carbocycles. The second-order valence-electron chi connectivity index (χ2n) is 3.67. The van der Waals surface area contributed by atoms with Crippen LogP contribution in [0.2, 0.25) is 0 Å². The number of esters is 1. The SMILES string of the molecule is CCOC(=O)CCCC(=O)c1ccccc1N. The minimum Gasteiger partial charge on any atom is -0.466 e. The number of ether oxygens (including phenoxy) is 1. The lowest BCUT2D eigenvalue weighted by atomic mass is 10.0. The fraction of sp³-hybridized carbons (Fsp3) is 0.385. The fourth-order valence-electron chi connectivity index (χ4n) is 1.51. The minimum atomic E-state index is -0.263. The first-order valence-electron chi connectivity index (χ1n) is 5.68. The Bertz CT molecular complexity index is 401. The average molecular weight is 235 g/mol. The highest BCUT2D eigenvalue weighted by atomic mass is 16.5. The molecule has 0 atom stereocenters. The maximum absolute atomic E-state index is 11.8. The molecule has 0 radical (unpaired) electrons. The van der Waals surface area contributed by atoms with Crippen molar-refractivity contribution in [1.29, 1.82) is 0 Å². The number of hydrogen-bond acceptors (Lipinski definition) is 4. The molecule has 0 unspecified atom stereocenters. The Morgan fingerprint density at radius 1 is 1.24 bits per heavy atom. The molecule has 0 aliphatic rings. The van der Waals surface area contributed by atoms with Crippen LogP contribution < -0.4 is 5.73 Å². The van der Waals surface area contributed by atoms with Gasteiger partial charge in [-0.25, -0.2) is 0 Å². The number of carbonyl (C=O) groups excluding carboxylic acids is 2. The second kappa shape index (κ2) is 6.68. The number of hydrogen-bond donors (Lipinski definition) is 1. The van der Waals surface area contributed by atoms with Crippen LogP contribution in [0.4, 0.5) is 5.69 Å². The van der Waals surface area contributed by atoms with Gasteiger partial charge in [-0.15, -0.1) is 0 Å². The van der Waals surface area contributed by atoms with Crippen molar-refractivity contribution >= 4 is 17.4 Å². The van der Waals surface area contributed by atoms with Crippen LogP contribution in [-0.2, 0) is 9.53 Å². The van der Waals surface area contributed by atoms with Gasteiger partial charge in [0.15, 0.2) is 5.78 Å². The average Bonchev–Trinajstić information content (AvgIpc) is 2.29. The topological polar surface area (TPSA) is 69.4 Å². The van der Waals surface area contributed by atoms with Gasteiger partial charge in [0.05, 0.1) is 6.61 Å². The molecule has 4 heteroatoms. The smallest absolute Gasteiger partial charge is 0.305 e. The van der Waals surface area contributed by atoms with E-state index in [0.717, 1.165) is 0 Å². The van der Waals surface area contributed by atoms with Gasteiger partial charge < -0.3 is 10.5 Å². The molecule has 2 N–H and O–H groups in total. The highest BCUT2D eigenvalue weighted by molar-refractivity contribution is 6.00. The molecule has 0 amide bonds. The predicted octanol–water partition coefficient (Wildman–Crippen LogP) is 2.18. The lowest BCUT2D eigenvalue weighted by Crippen LogP contribution is -2.07. The van der Waals surface area contributed by atoms with E-state index < -0.39 is 0 Å². The molecule has 0 aliphatic heterocycles. The van der Waals surface area contributed by atoms with Gasteiger partial charge in [-0.1, -0.05) is 12.1 Å². The normalized spacial score (nSPS) is 9.94. The molecule has 0 heterocycles. The highest BCUT2D eigenvalue weighted by Crippen LogP contribution is 2.14. The molecule has 1 rings (SSSR count).